The summed E-state index contributed by atoms with van der Waals surface area (Å²) in [6.45, 7) is 8.66. The van der Waals surface area contributed by atoms with E-state index in [9.17, 15) is 9.90 Å². The number of carbonyl (C=O) groups excluding carboxylic acids is 1. The van der Waals surface area contributed by atoms with Gasteiger partial charge in [-0.05, 0) is 80.0 Å². The Labute approximate surface area is 174 Å². The fraction of sp³-hybridized carbons (Fsp3) is 0.917. The minimum atomic E-state index is -0.833. The summed E-state index contributed by atoms with van der Waals surface area (Å²) >= 11 is 0. The van der Waals surface area contributed by atoms with Crippen molar-refractivity contribution in [3.63, 3.8) is 0 Å². The number of carboxylic acid groups (broad SMARTS) is 1. The van der Waals surface area contributed by atoms with Crippen LogP contribution in [0.5, 0.6) is 0 Å². The molecule has 4 saturated carbocycles. The van der Waals surface area contributed by atoms with Crippen molar-refractivity contribution in [3.05, 3.63) is 0 Å². The van der Waals surface area contributed by atoms with Crippen LogP contribution in [-0.2, 0) is 14.3 Å². The number of rotatable bonds is 2. The van der Waals surface area contributed by atoms with E-state index in [4.69, 9.17) is 14.6 Å². The second-order valence-corrected chi connectivity index (χ2v) is 11.1. The largest absolute Gasteiger partial charge is 0.481 e. The van der Waals surface area contributed by atoms with Crippen molar-refractivity contribution < 1.29 is 24.5 Å². The monoisotopic (exact) mass is 406 g/mol. The van der Waals surface area contributed by atoms with E-state index in [0.29, 0.717) is 29.6 Å². The van der Waals surface area contributed by atoms with Crippen molar-refractivity contribution in [3.8, 4) is 0 Å². The number of aliphatic carboxylic acids is 1. The third kappa shape index (κ3) is 2.94. The summed E-state index contributed by atoms with van der Waals surface area (Å²) in [6.07, 6.45) is 9.32. The molecule has 5 heteroatoms. The van der Waals surface area contributed by atoms with Gasteiger partial charge in [0.1, 0.15) is 11.7 Å². The molecule has 5 rings (SSSR count). The topological polar surface area (TPSA) is 87.1 Å². The number of carbonyl (C=O) groups is 2. The molecule has 4 aliphatic carbocycles. The average Bonchev–Trinajstić information content (AvgIpc) is 3.31. The summed E-state index contributed by atoms with van der Waals surface area (Å²) in [5.74, 6) is 3.01. The van der Waals surface area contributed by atoms with Crippen LogP contribution in [0.15, 0.2) is 0 Å². The highest BCUT2D eigenvalue weighted by Gasteiger charge is 2.76. The third-order valence-corrected chi connectivity index (χ3v) is 10.00. The molecule has 0 amide bonds. The molecule has 29 heavy (non-hydrogen) atoms. The van der Waals surface area contributed by atoms with Crippen molar-refractivity contribution in [2.45, 2.75) is 90.8 Å². The number of aliphatic hydroxyl groups excluding tert-OH is 1. The lowest BCUT2D eigenvalue weighted by atomic mass is 9.44. The van der Waals surface area contributed by atoms with E-state index < -0.39 is 5.97 Å². The van der Waals surface area contributed by atoms with Crippen molar-refractivity contribution in [1.29, 1.82) is 0 Å². The molecular formula is C24H38O5. The first-order valence-corrected chi connectivity index (χ1v) is 11.6. The van der Waals surface area contributed by atoms with Crippen LogP contribution in [0.2, 0.25) is 0 Å². The molecule has 1 saturated heterocycles. The third-order valence-electron chi connectivity index (χ3n) is 10.00. The number of fused-ring (bicyclic) bond motifs is 4. The number of ether oxygens (including phenoxy) is 1. The van der Waals surface area contributed by atoms with Gasteiger partial charge in [-0.1, -0.05) is 20.8 Å². The van der Waals surface area contributed by atoms with Crippen LogP contribution in [0.1, 0.15) is 79.1 Å². The number of hydrogen-bond acceptors (Lipinski definition) is 4. The fourth-order valence-electron chi connectivity index (χ4n) is 8.60. The first-order valence-electron chi connectivity index (χ1n) is 11.6. The summed E-state index contributed by atoms with van der Waals surface area (Å²) in [5, 5.41) is 17.2. The van der Waals surface area contributed by atoms with Gasteiger partial charge in [-0.25, -0.2) is 0 Å². The Kier molecular flexibility index (Phi) is 5.18. The molecule has 2 N–H and O–H groups in total. The fourth-order valence-corrected chi connectivity index (χ4v) is 8.60. The van der Waals surface area contributed by atoms with E-state index in [-0.39, 0.29) is 17.1 Å². The molecule has 9 atom stereocenters. The maximum absolute atomic E-state index is 12.2. The Balaban J connectivity index is 0.000000472. The molecule has 5 aliphatic rings. The number of ketones is 1. The van der Waals surface area contributed by atoms with Crippen LogP contribution < -0.4 is 0 Å². The quantitative estimate of drug-likeness (QED) is 0.675. The zero-order chi connectivity index (χ0) is 21.2. The van der Waals surface area contributed by atoms with Gasteiger partial charge in [-0.2, -0.15) is 0 Å². The number of epoxide rings is 1. The molecule has 1 spiro atoms. The summed E-state index contributed by atoms with van der Waals surface area (Å²) in [4.78, 5) is 21.2. The molecule has 2 unspecified atom stereocenters. The Bertz CT molecular complexity index is 687. The number of aliphatic hydroxyl groups is 1. The SMILES string of the molecule is CC(=O)O.C[C@H](CO)[C@H]1CC[C@H]2[C@@H]3CCC45OC4C(=O)CC[C@]5(C)[C@H]3CC[C@]12C. The van der Waals surface area contributed by atoms with E-state index in [0.717, 1.165) is 43.9 Å². The zero-order valence-electron chi connectivity index (χ0n) is 18.4. The predicted octanol–water partition coefficient (Wildman–Crippen LogP) is 4.07. The van der Waals surface area contributed by atoms with Crippen molar-refractivity contribution in [2.75, 3.05) is 6.61 Å². The highest BCUT2D eigenvalue weighted by atomic mass is 16.6. The van der Waals surface area contributed by atoms with Gasteiger partial charge in [0.25, 0.3) is 5.97 Å². The molecule has 0 aromatic rings. The predicted molar refractivity (Wildman–Crippen MR) is 109 cm³/mol. The van der Waals surface area contributed by atoms with Crippen molar-refractivity contribution in [2.24, 2.45) is 40.4 Å². The van der Waals surface area contributed by atoms with Crippen LogP contribution in [0.4, 0.5) is 0 Å². The van der Waals surface area contributed by atoms with E-state index in [1.807, 2.05) is 0 Å². The van der Waals surface area contributed by atoms with Crippen LogP contribution in [-0.4, -0.2) is 40.3 Å². The van der Waals surface area contributed by atoms with E-state index in [1.54, 1.807) is 0 Å². The number of Topliss-reactive ketones (excluding diaryl/α,β-unsaturated/α-hetero) is 1. The summed E-state index contributed by atoms with van der Waals surface area (Å²) in [5.41, 5.74) is 0.544. The van der Waals surface area contributed by atoms with Gasteiger partial charge in [-0.15, -0.1) is 0 Å². The van der Waals surface area contributed by atoms with Gasteiger partial charge in [-0.3, -0.25) is 9.59 Å². The molecule has 5 nitrogen and oxygen atoms in total. The number of carboxylic acids is 1. The second-order valence-electron chi connectivity index (χ2n) is 11.1. The highest BCUT2D eigenvalue weighted by Crippen LogP contribution is 2.73. The van der Waals surface area contributed by atoms with Gasteiger partial charge in [0.2, 0.25) is 0 Å². The summed E-state index contributed by atoms with van der Waals surface area (Å²) < 4.78 is 6.16. The summed E-state index contributed by atoms with van der Waals surface area (Å²) in [7, 11) is 0. The molecular weight excluding hydrogens is 368 g/mol. The minimum absolute atomic E-state index is 0.0637. The van der Waals surface area contributed by atoms with Crippen LogP contribution >= 0.6 is 0 Å². The Hall–Kier alpha value is -0.940. The van der Waals surface area contributed by atoms with E-state index in [1.165, 1.54) is 32.1 Å². The van der Waals surface area contributed by atoms with Gasteiger partial charge in [0.15, 0.2) is 5.78 Å². The molecule has 0 bridgehead atoms. The molecule has 164 valence electrons. The first kappa shape index (κ1) is 21.3. The Morgan fingerprint density at radius 3 is 2.48 bits per heavy atom. The molecule has 1 aliphatic heterocycles. The normalized spacial score (nSPS) is 50.8. The van der Waals surface area contributed by atoms with Crippen molar-refractivity contribution in [1.82, 2.24) is 0 Å². The van der Waals surface area contributed by atoms with Gasteiger partial charge >= 0.3 is 0 Å². The first-order chi connectivity index (χ1) is 13.6. The Morgan fingerprint density at radius 1 is 1.14 bits per heavy atom. The van der Waals surface area contributed by atoms with E-state index in [2.05, 4.69) is 20.8 Å². The zero-order valence-corrected chi connectivity index (χ0v) is 18.4. The van der Waals surface area contributed by atoms with Crippen LogP contribution in [0, 0.1) is 40.4 Å². The molecule has 5 fully saturated rings. The molecule has 0 radical (unpaired) electrons. The minimum Gasteiger partial charge on any atom is -0.481 e. The maximum Gasteiger partial charge on any atom is 0.300 e. The van der Waals surface area contributed by atoms with Crippen LogP contribution in [0.3, 0.4) is 0 Å². The second kappa shape index (κ2) is 7.05. The average molecular weight is 407 g/mol. The standard InChI is InChI=1S/C22H34O3.C2H4O2/c1-13(12-23)15-4-5-16-14-6-11-22-19(25-22)18(24)8-10-21(22,3)17(14)7-9-20(15,16)2;1-2(3)4/h13-17,19,23H,4-12H2,1-3H3;1H3,(H,3,4)/t13-,14+,15-,16+,17+,19?,20-,21-,22?;/m1./s1. The number of hydrogen-bond donors (Lipinski definition) is 2. The van der Waals surface area contributed by atoms with Crippen LogP contribution in [0.25, 0.3) is 0 Å². The molecule has 0 aromatic carbocycles. The molecule has 1 heterocycles. The van der Waals surface area contributed by atoms with Gasteiger partial charge < -0.3 is 14.9 Å². The smallest absolute Gasteiger partial charge is 0.300 e. The summed E-state index contributed by atoms with van der Waals surface area (Å²) in [6, 6.07) is 0. The van der Waals surface area contributed by atoms with E-state index >= 15 is 0 Å². The lowest BCUT2D eigenvalue weighted by Crippen LogP contribution is -2.58. The lowest BCUT2D eigenvalue weighted by Gasteiger charge is -2.59. The Morgan fingerprint density at radius 2 is 1.83 bits per heavy atom. The lowest BCUT2D eigenvalue weighted by molar-refractivity contribution is -0.134. The van der Waals surface area contributed by atoms with Crippen molar-refractivity contribution >= 4 is 11.8 Å². The van der Waals surface area contributed by atoms with Gasteiger partial charge in [0, 0.05) is 25.4 Å². The highest BCUT2D eigenvalue weighted by molar-refractivity contribution is 5.88. The molecule has 0 aromatic heterocycles. The van der Waals surface area contributed by atoms with Gasteiger partial charge in [0.05, 0.1) is 0 Å². The maximum atomic E-state index is 12.2.